The Morgan fingerprint density at radius 1 is 1.19 bits per heavy atom. The molecule has 0 aliphatic heterocycles. The molecule has 1 saturated carbocycles. The Morgan fingerprint density at radius 3 is 2.63 bits per heavy atom. The molecule has 0 bridgehead atoms. The van der Waals surface area contributed by atoms with Crippen LogP contribution in [0.4, 0.5) is 5.69 Å². The molecule has 1 aromatic heterocycles. The van der Waals surface area contributed by atoms with E-state index in [4.69, 9.17) is 28.5 Å². The summed E-state index contributed by atoms with van der Waals surface area (Å²) in [6, 6.07) is 10.4. The van der Waals surface area contributed by atoms with Crippen LogP contribution in [0.5, 0.6) is 0 Å². The standard InChI is InChI=1S/C20H20Cl2N4O/c21-14-4-7-18(22)17(10-14)19(27)26-20(8-2-1-3-9-20)13-25-16-6-5-15(11-23)24-12-16/h4-7,10,12,25H,1-3,8-9,13H2,(H,26,27). The van der Waals surface area contributed by atoms with Gasteiger partial charge in [-0.25, -0.2) is 4.98 Å². The van der Waals surface area contributed by atoms with E-state index in [9.17, 15) is 4.79 Å². The second kappa shape index (κ2) is 8.60. The van der Waals surface area contributed by atoms with Gasteiger partial charge in [0.25, 0.3) is 5.91 Å². The number of rotatable bonds is 5. The molecule has 1 aliphatic carbocycles. The van der Waals surface area contributed by atoms with Gasteiger partial charge in [-0.15, -0.1) is 0 Å². The van der Waals surface area contributed by atoms with E-state index in [1.165, 1.54) is 0 Å². The summed E-state index contributed by atoms with van der Waals surface area (Å²) in [5.74, 6) is -0.218. The van der Waals surface area contributed by atoms with E-state index in [-0.39, 0.29) is 11.4 Å². The van der Waals surface area contributed by atoms with Crippen molar-refractivity contribution in [3.8, 4) is 6.07 Å². The molecule has 0 unspecified atom stereocenters. The summed E-state index contributed by atoms with van der Waals surface area (Å²) in [6.07, 6.45) is 6.66. The first-order valence-electron chi connectivity index (χ1n) is 8.89. The van der Waals surface area contributed by atoms with Crippen molar-refractivity contribution in [3.05, 3.63) is 57.8 Å². The highest BCUT2D eigenvalue weighted by molar-refractivity contribution is 6.35. The lowest BCUT2D eigenvalue weighted by molar-refractivity contribution is 0.0878. The maximum absolute atomic E-state index is 12.9. The maximum Gasteiger partial charge on any atom is 0.253 e. The molecule has 1 aromatic carbocycles. The van der Waals surface area contributed by atoms with Crippen molar-refractivity contribution in [2.45, 2.75) is 37.6 Å². The predicted octanol–water partition coefficient (Wildman–Crippen LogP) is 4.80. The van der Waals surface area contributed by atoms with E-state index in [0.29, 0.717) is 27.8 Å². The number of hydrogen-bond donors (Lipinski definition) is 2. The third-order valence-electron chi connectivity index (χ3n) is 4.87. The Bertz CT molecular complexity index is 855. The SMILES string of the molecule is N#Cc1ccc(NCC2(NC(=O)c3cc(Cl)ccc3Cl)CCCCC2)cn1. The minimum atomic E-state index is -0.366. The van der Waals surface area contributed by atoms with Gasteiger partial charge >= 0.3 is 0 Å². The quantitative estimate of drug-likeness (QED) is 0.752. The van der Waals surface area contributed by atoms with Crippen molar-refractivity contribution in [2.24, 2.45) is 0 Å². The van der Waals surface area contributed by atoms with Gasteiger partial charge in [-0.2, -0.15) is 5.26 Å². The molecule has 2 aromatic rings. The number of benzene rings is 1. The monoisotopic (exact) mass is 402 g/mol. The highest BCUT2D eigenvalue weighted by Gasteiger charge is 2.34. The number of pyridine rings is 1. The number of nitriles is 1. The van der Waals surface area contributed by atoms with Gasteiger partial charge < -0.3 is 10.6 Å². The summed E-state index contributed by atoms with van der Waals surface area (Å²) >= 11 is 12.2. The molecule has 3 rings (SSSR count). The zero-order valence-electron chi connectivity index (χ0n) is 14.8. The molecule has 1 aliphatic rings. The van der Waals surface area contributed by atoms with E-state index < -0.39 is 0 Å². The molecule has 140 valence electrons. The number of halogens is 2. The van der Waals surface area contributed by atoms with Gasteiger partial charge in [0.05, 0.1) is 28.0 Å². The lowest BCUT2D eigenvalue weighted by atomic mass is 9.81. The van der Waals surface area contributed by atoms with Crippen LogP contribution in [0, 0.1) is 11.3 Å². The summed E-state index contributed by atoms with van der Waals surface area (Å²) in [5.41, 5.74) is 1.20. The Morgan fingerprint density at radius 2 is 1.96 bits per heavy atom. The summed E-state index contributed by atoms with van der Waals surface area (Å²) in [7, 11) is 0. The Balaban J connectivity index is 1.74. The van der Waals surface area contributed by atoms with Crippen LogP contribution >= 0.6 is 23.2 Å². The largest absolute Gasteiger partial charge is 0.381 e. The molecule has 1 fully saturated rings. The third kappa shape index (κ3) is 4.91. The van der Waals surface area contributed by atoms with Crippen LogP contribution in [-0.2, 0) is 0 Å². The fourth-order valence-corrected chi connectivity index (χ4v) is 3.77. The molecule has 27 heavy (non-hydrogen) atoms. The van der Waals surface area contributed by atoms with E-state index in [1.54, 1.807) is 30.5 Å². The molecule has 1 heterocycles. The Kier molecular flexibility index (Phi) is 6.20. The van der Waals surface area contributed by atoms with Gasteiger partial charge in [0.1, 0.15) is 11.8 Å². The number of carbonyl (C=O) groups is 1. The zero-order chi connectivity index (χ0) is 19.3. The fraction of sp³-hybridized carbons (Fsp3) is 0.350. The van der Waals surface area contributed by atoms with Crippen LogP contribution in [0.15, 0.2) is 36.5 Å². The lowest BCUT2D eigenvalue weighted by Gasteiger charge is -2.38. The number of aromatic nitrogens is 1. The topological polar surface area (TPSA) is 77.8 Å². The molecule has 7 heteroatoms. The van der Waals surface area contributed by atoms with Gasteiger partial charge in [-0.05, 0) is 43.2 Å². The molecule has 0 saturated heterocycles. The Labute approximate surface area is 168 Å². The maximum atomic E-state index is 12.9. The zero-order valence-corrected chi connectivity index (χ0v) is 16.3. The minimum Gasteiger partial charge on any atom is -0.381 e. The second-order valence-electron chi connectivity index (χ2n) is 6.82. The van der Waals surface area contributed by atoms with Crippen molar-refractivity contribution in [2.75, 3.05) is 11.9 Å². The van der Waals surface area contributed by atoms with E-state index in [0.717, 1.165) is 37.8 Å². The highest BCUT2D eigenvalue weighted by Crippen LogP contribution is 2.30. The van der Waals surface area contributed by atoms with E-state index in [2.05, 4.69) is 15.6 Å². The molecule has 2 N–H and O–H groups in total. The van der Waals surface area contributed by atoms with Crippen LogP contribution in [0.3, 0.4) is 0 Å². The number of hydrogen-bond acceptors (Lipinski definition) is 4. The number of nitrogens with zero attached hydrogens (tertiary/aromatic N) is 2. The molecule has 0 radical (unpaired) electrons. The van der Waals surface area contributed by atoms with Crippen molar-refractivity contribution < 1.29 is 4.79 Å². The average Bonchev–Trinajstić information content (AvgIpc) is 2.69. The van der Waals surface area contributed by atoms with Crippen LogP contribution in [-0.4, -0.2) is 23.0 Å². The predicted molar refractivity (Wildman–Crippen MR) is 107 cm³/mol. The van der Waals surface area contributed by atoms with Crippen LogP contribution in [0.25, 0.3) is 0 Å². The number of amides is 1. The highest BCUT2D eigenvalue weighted by atomic mass is 35.5. The van der Waals surface area contributed by atoms with Gasteiger partial charge in [0.2, 0.25) is 0 Å². The summed E-state index contributed by atoms with van der Waals surface area (Å²) in [6.45, 7) is 0.574. The number of nitrogens with one attached hydrogen (secondary N) is 2. The first-order valence-corrected chi connectivity index (χ1v) is 9.65. The summed E-state index contributed by atoms with van der Waals surface area (Å²) in [4.78, 5) is 16.9. The molecule has 0 spiro atoms. The Hall–Kier alpha value is -2.29. The van der Waals surface area contributed by atoms with Gasteiger partial charge in [-0.3, -0.25) is 4.79 Å². The normalized spacial score (nSPS) is 15.6. The van der Waals surface area contributed by atoms with Crippen molar-refractivity contribution in [1.29, 1.82) is 5.26 Å². The summed E-state index contributed by atoms with van der Waals surface area (Å²) < 4.78 is 0. The third-order valence-corrected chi connectivity index (χ3v) is 5.44. The van der Waals surface area contributed by atoms with Crippen LogP contribution in [0.1, 0.15) is 48.2 Å². The molecule has 1 amide bonds. The van der Waals surface area contributed by atoms with Crippen molar-refractivity contribution in [1.82, 2.24) is 10.3 Å². The molecular formula is C20H20Cl2N4O. The van der Waals surface area contributed by atoms with E-state index in [1.807, 2.05) is 12.1 Å². The molecule has 5 nitrogen and oxygen atoms in total. The van der Waals surface area contributed by atoms with Crippen LogP contribution < -0.4 is 10.6 Å². The van der Waals surface area contributed by atoms with E-state index >= 15 is 0 Å². The fourth-order valence-electron chi connectivity index (χ4n) is 3.39. The van der Waals surface area contributed by atoms with Gasteiger partial charge in [0, 0.05) is 11.6 Å². The summed E-state index contributed by atoms with van der Waals surface area (Å²) in [5, 5.41) is 16.2. The number of anilines is 1. The molecular weight excluding hydrogens is 383 g/mol. The molecule has 0 atom stereocenters. The van der Waals surface area contributed by atoms with Crippen LogP contribution in [0.2, 0.25) is 10.0 Å². The lowest BCUT2D eigenvalue weighted by Crippen LogP contribution is -2.54. The number of carbonyl (C=O) groups excluding carboxylic acids is 1. The van der Waals surface area contributed by atoms with Crippen molar-refractivity contribution >= 4 is 34.8 Å². The average molecular weight is 403 g/mol. The van der Waals surface area contributed by atoms with Gasteiger partial charge in [-0.1, -0.05) is 42.5 Å². The minimum absolute atomic E-state index is 0.218. The van der Waals surface area contributed by atoms with Gasteiger partial charge in [0.15, 0.2) is 0 Å². The van der Waals surface area contributed by atoms with Crippen molar-refractivity contribution in [3.63, 3.8) is 0 Å². The second-order valence-corrected chi connectivity index (χ2v) is 7.66. The first-order chi connectivity index (χ1) is 13.0. The first kappa shape index (κ1) is 19.5. The smallest absolute Gasteiger partial charge is 0.253 e.